The summed E-state index contributed by atoms with van der Waals surface area (Å²) in [4.78, 5) is 41.1. The minimum atomic E-state index is -1.28. The third-order valence-corrected chi connectivity index (χ3v) is 4.86. The van der Waals surface area contributed by atoms with Gasteiger partial charge in [-0.05, 0) is 43.6 Å². The maximum Gasteiger partial charge on any atom is 0.358 e. The SMILES string of the molecule is C=C(C)C(O)OCC(=O)ON1C(=O)C2C3CCC(C3)C2C1=O. The number of hydroxylamine groups is 2. The molecule has 2 aliphatic carbocycles. The van der Waals surface area contributed by atoms with Gasteiger partial charge >= 0.3 is 5.97 Å². The first-order valence-corrected chi connectivity index (χ1v) is 7.43. The van der Waals surface area contributed by atoms with Crippen LogP contribution in [0.4, 0.5) is 0 Å². The second-order valence-corrected chi connectivity index (χ2v) is 6.33. The van der Waals surface area contributed by atoms with E-state index < -0.39 is 30.7 Å². The average molecular weight is 309 g/mol. The number of hydrogen-bond acceptors (Lipinski definition) is 6. The summed E-state index contributed by atoms with van der Waals surface area (Å²) in [6, 6.07) is 0. The number of hydrogen-bond donors (Lipinski definition) is 1. The van der Waals surface area contributed by atoms with Crippen LogP contribution in [0.2, 0.25) is 0 Å². The van der Waals surface area contributed by atoms with E-state index in [0.29, 0.717) is 10.6 Å². The fourth-order valence-corrected chi connectivity index (χ4v) is 3.89. The van der Waals surface area contributed by atoms with Crippen molar-refractivity contribution in [1.82, 2.24) is 5.06 Å². The second kappa shape index (κ2) is 5.48. The van der Waals surface area contributed by atoms with Crippen LogP contribution in [0.15, 0.2) is 12.2 Å². The largest absolute Gasteiger partial charge is 0.364 e. The summed E-state index contributed by atoms with van der Waals surface area (Å²) < 4.78 is 4.83. The highest BCUT2D eigenvalue weighted by atomic mass is 16.7. The van der Waals surface area contributed by atoms with Crippen molar-refractivity contribution in [2.75, 3.05) is 6.61 Å². The third kappa shape index (κ3) is 2.34. The van der Waals surface area contributed by atoms with Gasteiger partial charge in [-0.25, -0.2) is 4.79 Å². The van der Waals surface area contributed by atoms with Crippen LogP contribution in [0.25, 0.3) is 0 Å². The number of aliphatic hydroxyl groups excluding tert-OH is 1. The minimum Gasteiger partial charge on any atom is -0.364 e. The van der Waals surface area contributed by atoms with Crippen LogP contribution in [-0.2, 0) is 24.0 Å². The first-order chi connectivity index (χ1) is 10.4. The molecule has 0 aromatic rings. The zero-order chi connectivity index (χ0) is 16.0. The first-order valence-electron chi connectivity index (χ1n) is 7.43. The zero-order valence-electron chi connectivity index (χ0n) is 12.4. The Kier molecular flexibility index (Phi) is 3.78. The normalized spacial score (nSPS) is 34.0. The Morgan fingerprint density at radius 1 is 1.32 bits per heavy atom. The number of ether oxygens (including phenoxy) is 1. The van der Waals surface area contributed by atoms with E-state index in [-0.39, 0.29) is 23.7 Å². The lowest BCUT2D eigenvalue weighted by atomic mass is 9.81. The number of nitrogens with zero attached hydrogens (tertiary/aromatic N) is 1. The molecule has 2 bridgehead atoms. The summed E-state index contributed by atoms with van der Waals surface area (Å²) in [5, 5.41) is 9.97. The lowest BCUT2D eigenvalue weighted by molar-refractivity contribution is -0.205. The van der Waals surface area contributed by atoms with Gasteiger partial charge in [0.2, 0.25) is 0 Å². The van der Waals surface area contributed by atoms with Crippen molar-refractivity contribution in [2.45, 2.75) is 32.5 Å². The van der Waals surface area contributed by atoms with E-state index in [0.717, 1.165) is 19.3 Å². The van der Waals surface area contributed by atoms with Crippen LogP contribution in [0.1, 0.15) is 26.2 Å². The molecular formula is C15H19NO6. The van der Waals surface area contributed by atoms with E-state index in [2.05, 4.69) is 6.58 Å². The van der Waals surface area contributed by atoms with Crippen molar-refractivity contribution in [2.24, 2.45) is 23.7 Å². The molecule has 22 heavy (non-hydrogen) atoms. The Balaban J connectivity index is 1.59. The van der Waals surface area contributed by atoms with E-state index in [9.17, 15) is 19.5 Å². The van der Waals surface area contributed by atoms with E-state index in [4.69, 9.17) is 9.57 Å². The van der Waals surface area contributed by atoms with E-state index in [1.807, 2.05) is 0 Å². The smallest absolute Gasteiger partial charge is 0.358 e. The highest BCUT2D eigenvalue weighted by Gasteiger charge is 2.62. The van der Waals surface area contributed by atoms with Gasteiger partial charge in [0.1, 0.15) is 0 Å². The van der Waals surface area contributed by atoms with Crippen LogP contribution in [0.5, 0.6) is 0 Å². The summed E-state index contributed by atoms with van der Waals surface area (Å²) in [6.45, 7) is 4.46. The molecule has 0 spiro atoms. The standard InChI is InChI=1S/C15H19NO6/c1-7(2)15(20)21-6-10(17)22-16-13(18)11-8-3-4-9(5-8)12(11)14(16)19/h8-9,11-12,15,20H,1,3-6H2,2H3. The molecule has 0 radical (unpaired) electrons. The maximum absolute atomic E-state index is 12.3. The van der Waals surface area contributed by atoms with Crippen molar-refractivity contribution in [1.29, 1.82) is 0 Å². The van der Waals surface area contributed by atoms with Gasteiger partial charge in [-0.2, -0.15) is 0 Å². The molecule has 1 aliphatic heterocycles. The number of amides is 2. The molecule has 0 aromatic carbocycles. The molecular weight excluding hydrogens is 290 g/mol. The Morgan fingerprint density at radius 2 is 1.86 bits per heavy atom. The third-order valence-electron chi connectivity index (χ3n) is 4.86. The topological polar surface area (TPSA) is 93.1 Å². The number of carbonyl (C=O) groups excluding carboxylic acids is 3. The molecule has 5 unspecified atom stereocenters. The Bertz CT molecular complexity index is 516. The second-order valence-electron chi connectivity index (χ2n) is 6.33. The molecule has 3 aliphatic rings. The van der Waals surface area contributed by atoms with Crippen molar-refractivity contribution in [3.63, 3.8) is 0 Å². The van der Waals surface area contributed by atoms with Gasteiger partial charge in [-0.3, -0.25) is 9.59 Å². The van der Waals surface area contributed by atoms with Crippen LogP contribution in [0, 0.1) is 23.7 Å². The Morgan fingerprint density at radius 3 is 2.36 bits per heavy atom. The van der Waals surface area contributed by atoms with E-state index >= 15 is 0 Å². The summed E-state index contributed by atoms with van der Waals surface area (Å²) in [6.07, 6.45) is 1.55. The molecule has 1 N–H and O–H groups in total. The molecule has 3 rings (SSSR count). The molecule has 1 saturated heterocycles. The number of rotatable bonds is 5. The number of fused-ring (bicyclic) bond motifs is 5. The maximum atomic E-state index is 12.3. The fraction of sp³-hybridized carbons (Fsp3) is 0.667. The van der Waals surface area contributed by atoms with Crippen molar-refractivity contribution >= 4 is 17.8 Å². The summed E-state index contributed by atoms with van der Waals surface area (Å²) in [5.41, 5.74) is 0.340. The Labute approximate surface area is 127 Å². The highest BCUT2D eigenvalue weighted by molar-refractivity contribution is 6.05. The van der Waals surface area contributed by atoms with Gasteiger partial charge in [0.05, 0.1) is 11.8 Å². The molecule has 2 saturated carbocycles. The fourth-order valence-electron chi connectivity index (χ4n) is 3.89. The van der Waals surface area contributed by atoms with Crippen molar-refractivity contribution < 1.29 is 29.1 Å². The van der Waals surface area contributed by atoms with Crippen molar-refractivity contribution in [3.8, 4) is 0 Å². The summed E-state index contributed by atoms with van der Waals surface area (Å²) in [7, 11) is 0. The molecule has 7 nitrogen and oxygen atoms in total. The van der Waals surface area contributed by atoms with Gasteiger partial charge in [-0.15, -0.1) is 5.06 Å². The molecule has 0 aromatic heterocycles. The molecule has 120 valence electrons. The van der Waals surface area contributed by atoms with Gasteiger partial charge in [0.25, 0.3) is 11.8 Å². The lowest BCUT2D eigenvalue weighted by Gasteiger charge is -2.18. The van der Waals surface area contributed by atoms with Crippen LogP contribution in [0.3, 0.4) is 0 Å². The van der Waals surface area contributed by atoms with Gasteiger partial charge in [0, 0.05) is 0 Å². The highest BCUT2D eigenvalue weighted by Crippen LogP contribution is 2.56. The van der Waals surface area contributed by atoms with Crippen LogP contribution in [-0.4, -0.2) is 40.9 Å². The van der Waals surface area contributed by atoms with Crippen molar-refractivity contribution in [3.05, 3.63) is 12.2 Å². The molecule has 1 heterocycles. The molecule has 3 fully saturated rings. The summed E-state index contributed by atoms with van der Waals surface area (Å²) >= 11 is 0. The number of imide groups is 1. The van der Waals surface area contributed by atoms with Crippen LogP contribution >= 0.6 is 0 Å². The van der Waals surface area contributed by atoms with Gasteiger partial charge in [0.15, 0.2) is 12.9 Å². The predicted octanol–water partition coefficient (Wildman–Crippen LogP) is 0.387. The average Bonchev–Trinajstić information content (AvgIpc) is 3.14. The van der Waals surface area contributed by atoms with Gasteiger partial charge in [-0.1, -0.05) is 6.58 Å². The number of aliphatic hydroxyl groups is 1. The lowest BCUT2D eigenvalue weighted by Crippen LogP contribution is -2.36. The number of carbonyl (C=O) groups is 3. The Hall–Kier alpha value is -1.73. The van der Waals surface area contributed by atoms with Crippen LogP contribution < -0.4 is 0 Å². The monoisotopic (exact) mass is 309 g/mol. The quantitative estimate of drug-likeness (QED) is 0.448. The van der Waals surface area contributed by atoms with E-state index in [1.54, 1.807) is 6.92 Å². The predicted molar refractivity (Wildman–Crippen MR) is 72.5 cm³/mol. The first kappa shape index (κ1) is 15.2. The molecule has 7 heteroatoms. The summed E-state index contributed by atoms with van der Waals surface area (Å²) in [5.74, 6) is -1.93. The molecule has 2 amide bonds. The zero-order valence-corrected chi connectivity index (χ0v) is 12.4. The van der Waals surface area contributed by atoms with E-state index in [1.165, 1.54) is 0 Å². The minimum absolute atomic E-state index is 0.233. The van der Waals surface area contributed by atoms with Gasteiger partial charge < -0.3 is 14.7 Å². The molecule has 5 atom stereocenters.